The molecule has 0 bridgehead atoms. The van der Waals surface area contributed by atoms with Crippen molar-refractivity contribution in [2.75, 3.05) is 13.6 Å². The number of likely N-dealkylation sites (N-methyl/N-ethyl adjacent to an activating group) is 1. The van der Waals surface area contributed by atoms with E-state index >= 15 is 0 Å². The van der Waals surface area contributed by atoms with Gasteiger partial charge < -0.3 is 10.6 Å². The molecular weight excluding hydrogens is 198 g/mol. The summed E-state index contributed by atoms with van der Waals surface area (Å²) < 4.78 is 0. The van der Waals surface area contributed by atoms with Crippen LogP contribution in [-0.4, -0.2) is 30.0 Å². The molecule has 0 amide bonds. The van der Waals surface area contributed by atoms with E-state index in [4.69, 9.17) is 5.73 Å². The molecule has 1 spiro atoms. The van der Waals surface area contributed by atoms with Gasteiger partial charge in [0.1, 0.15) is 0 Å². The molecule has 16 heavy (non-hydrogen) atoms. The monoisotopic (exact) mass is 223 g/mol. The first-order valence-electron chi connectivity index (χ1n) is 6.72. The van der Waals surface area contributed by atoms with Gasteiger partial charge in [-0.25, -0.2) is 0 Å². The summed E-state index contributed by atoms with van der Waals surface area (Å²) in [6.07, 6.45) is 9.39. The van der Waals surface area contributed by atoms with Crippen molar-refractivity contribution in [3.05, 3.63) is 0 Å². The summed E-state index contributed by atoms with van der Waals surface area (Å²) in [5.41, 5.74) is 6.17. The van der Waals surface area contributed by atoms with Crippen LogP contribution in [0.1, 0.15) is 51.9 Å². The van der Waals surface area contributed by atoms with Crippen LogP contribution in [0.4, 0.5) is 0 Å². The van der Waals surface area contributed by atoms with E-state index in [1.54, 1.807) is 0 Å². The molecule has 1 aliphatic heterocycles. The number of hydrogen-bond donors (Lipinski definition) is 1. The zero-order valence-corrected chi connectivity index (χ0v) is 10.7. The van der Waals surface area contributed by atoms with Gasteiger partial charge in [-0.1, -0.05) is 32.6 Å². The summed E-state index contributed by atoms with van der Waals surface area (Å²) in [4.78, 5) is 6.66. The van der Waals surface area contributed by atoms with E-state index in [2.05, 4.69) is 23.9 Å². The van der Waals surface area contributed by atoms with Crippen molar-refractivity contribution >= 4 is 5.96 Å². The predicted octanol–water partition coefficient (Wildman–Crippen LogP) is 2.37. The Morgan fingerprint density at radius 2 is 2.25 bits per heavy atom. The van der Waals surface area contributed by atoms with Crippen molar-refractivity contribution in [1.82, 2.24) is 4.90 Å². The van der Waals surface area contributed by atoms with Crippen molar-refractivity contribution in [3.63, 3.8) is 0 Å². The van der Waals surface area contributed by atoms with E-state index in [0.29, 0.717) is 0 Å². The van der Waals surface area contributed by atoms with E-state index in [-0.39, 0.29) is 5.54 Å². The Kier molecular flexibility index (Phi) is 3.41. The normalized spacial score (nSPS) is 35.2. The summed E-state index contributed by atoms with van der Waals surface area (Å²) in [7, 11) is 2.12. The lowest BCUT2D eigenvalue weighted by Gasteiger charge is -2.36. The minimum atomic E-state index is 0.270. The summed E-state index contributed by atoms with van der Waals surface area (Å²) in [5, 5.41) is 0. The van der Waals surface area contributed by atoms with Gasteiger partial charge in [0, 0.05) is 7.05 Å². The summed E-state index contributed by atoms with van der Waals surface area (Å²) >= 11 is 0. The summed E-state index contributed by atoms with van der Waals surface area (Å²) in [6.45, 7) is 3.22. The number of aliphatic imine (C=N–C) groups is 1. The molecule has 1 fully saturated rings. The van der Waals surface area contributed by atoms with Crippen LogP contribution in [0.15, 0.2) is 4.99 Å². The molecule has 3 heteroatoms. The first kappa shape index (κ1) is 11.7. The Labute approximate surface area is 99.1 Å². The van der Waals surface area contributed by atoms with Gasteiger partial charge in [0.25, 0.3) is 0 Å². The Morgan fingerprint density at radius 3 is 2.88 bits per heavy atom. The molecule has 1 heterocycles. The van der Waals surface area contributed by atoms with Crippen molar-refractivity contribution in [2.24, 2.45) is 16.6 Å². The zero-order valence-electron chi connectivity index (χ0n) is 10.7. The Morgan fingerprint density at radius 1 is 1.44 bits per heavy atom. The van der Waals surface area contributed by atoms with E-state index in [0.717, 1.165) is 18.4 Å². The van der Waals surface area contributed by atoms with Crippen molar-refractivity contribution < 1.29 is 0 Å². The maximum atomic E-state index is 5.90. The average molecular weight is 223 g/mol. The SMILES string of the molecule is CCCC1CCCC2(CC1)CN=C(N)N2C. The van der Waals surface area contributed by atoms with Crippen LogP contribution in [0.5, 0.6) is 0 Å². The van der Waals surface area contributed by atoms with Crippen LogP contribution in [-0.2, 0) is 0 Å². The average Bonchev–Trinajstić information content (AvgIpc) is 2.48. The number of hydrogen-bond acceptors (Lipinski definition) is 3. The van der Waals surface area contributed by atoms with E-state index < -0.39 is 0 Å². The predicted molar refractivity (Wildman–Crippen MR) is 68.5 cm³/mol. The molecule has 0 aromatic rings. The van der Waals surface area contributed by atoms with Gasteiger partial charge >= 0.3 is 0 Å². The van der Waals surface area contributed by atoms with Gasteiger partial charge in [-0.3, -0.25) is 4.99 Å². The second-order valence-electron chi connectivity index (χ2n) is 5.54. The molecule has 2 rings (SSSR count). The first-order valence-corrected chi connectivity index (χ1v) is 6.72. The third-order valence-corrected chi connectivity index (χ3v) is 4.56. The van der Waals surface area contributed by atoms with Crippen molar-refractivity contribution in [1.29, 1.82) is 0 Å². The second kappa shape index (κ2) is 4.64. The molecule has 2 N–H and O–H groups in total. The van der Waals surface area contributed by atoms with Gasteiger partial charge in [0.2, 0.25) is 0 Å². The van der Waals surface area contributed by atoms with Crippen LogP contribution < -0.4 is 5.73 Å². The van der Waals surface area contributed by atoms with E-state index in [1.165, 1.54) is 44.9 Å². The highest BCUT2D eigenvalue weighted by Gasteiger charge is 2.40. The second-order valence-corrected chi connectivity index (χ2v) is 5.54. The Bertz CT molecular complexity index is 274. The fourth-order valence-electron chi connectivity index (χ4n) is 3.34. The maximum Gasteiger partial charge on any atom is 0.191 e. The highest BCUT2D eigenvalue weighted by molar-refractivity contribution is 5.80. The molecule has 2 unspecified atom stereocenters. The number of nitrogens with zero attached hydrogens (tertiary/aromatic N) is 2. The van der Waals surface area contributed by atoms with Crippen molar-refractivity contribution in [2.45, 2.75) is 57.4 Å². The highest BCUT2D eigenvalue weighted by atomic mass is 15.3. The molecule has 3 nitrogen and oxygen atoms in total. The van der Waals surface area contributed by atoms with E-state index in [9.17, 15) is 0 Å². The fraction of sp³-hybridized carbons (Fsp3) is 0.923. The van der Waals surface area contributed by atoms with Gasteiger partial charge in [-0.15, -0.1) is 0 Å². The topological polar surface area (TPSA) is 41.6 Å². The molecule has 2 aliphatic rings. The Hall–Kier alpha value is -0.730. The Balaban J connectivity index is 1.99. The van der Waals surface area contributed by atoms with E-state index in [1.807, 2.05) is 0 Å². The van der Waals surface area contributed by atoms with Crippen LogP contribution >= 0.6 is 0 Å². The third kappa shape index (κ3) is 2.04. The van der Waals surface area contributed by atoms with Crippen LogP contribution in [0.2, 0.25) is 0 Å². The summed E-state index contributed by atoms with van der Waals surface area (Å²) in [6, 6.07) is 0. The lowest BCUT2D eigenvalue weighted by Crippen LogP contribution is -2.48. The first-order chi connectivity index (χ1) is 7.68. The number of guanidine groups is 1. The lowest BCUT2D eigenvalue weighted by atomic mass is 9.88. The van der Waals surface area contributed by atoms with Gasteiger partial charge in [-0.05, 0) is 25.2 Å². The number of nitrogens with two attached hydrogens (primary N) is 1. The largest absolute Gasteiger partial charge is 0.370 e. The molecule has 0 aromatic heterocycles. The summed E-state index contributed by atoms with van der Waals surface area (Å²) in [5.74, 6) is 1.69. The molecule has 0 aromatic carbocycles. The quantitative estimate of drug-likeness (QED) is 0.781. The van der Waals surface area contributed by atoms with Crippen LogP contribution in [0.3, 0.4) is 0 Å². The minimum absolute atomic E-state index is 0.270. The molecular formula is C13H25N3. The smallest absolute Gasteiger partial charge is 0.191 e. The van der Waals surface area contributed by atoms with Gasteiger partial charge in [-0.2, -0.15) is 0 Å². The van der Waals surface area contributed by atoms with Crippen molar-refractivity contribution in [3.8, 4) is 0 Å². The molecule has 92 valence electrons. The maximum absolute atomic E-state index is 5.90. The molecule has 1 aliphatic carbocycles. The highest BCUT2D eigenvalue weighted by Crippen LogP contribution is 2.37. The molecule has 0 saturated heterocycles. The standard InChI is InChI=1S/C13H25N3/c1-3-5-11-6-4-8-13(9-7-11)10-15-12(14)16(13)2/h11H,3-10H2,1-2H3,(H2,14,15). The molecule has 0 radical (unpaired) electrons. The molecule has 1 saturated carbocycles. The van der Waals surface area contributed by atoms with Gasteiger partial charge in [0.05, 0.1) is 12.1 Å². The lowest BCUT2D eigenvalue weighted by molar-refractivity contribution is 0.203. The molecule has 2 atom stereocenters. The fourth-order valence-corrected chi connectivity index (χ4v) is 3.34. The number of rotatable bonds is 2. The van der Waals surface area contributed by atoms with Crippen LogP contribution in [0.25, 0.3) is 0 Å². The van der Waals surface area contributed by atoms with Gasteiger partial charge in [0.15, 0.2) is 5.96 Å². The third-order valence-electron chi connectivity index (χ3n) is 4.56. The zero-order chi connectivity index (χ0) is 11.6. The van der Waals surface area contributed by atoms with Crippen LogP contribution in [0, 0.1) is 5.92 Å². The minimum Gasteiger partial charge on any atom is -0.370 e.